The fourth-order valence-corrected chi connectivity index (χ4v) is 1.84. The van der Waals surface area contributed by atoms with Gasteiger partial charge in [0.2, 0.25) is 5.82 Å². The maximum Gasteiger partial charge on any atom is 0.446 e. The van der Waals surface area contributed by atoms with Crippen molar-refractivity contribution >= 4 is 19.1 Å². The van der Waals surface area contributed by atoms with Gasteiger partial charge in [0.1, 0.15) is 13.7 Å². The highest BCUT2D eigenvalue weighted by molar-refractivity contribution is 6.32. The number of hydrogen-bond donors (Lipinski definition) is 0. The molecule has 0 atom stereocenters. The maximum absolute atomic E-state index is 13.3. The fourth-order valence-electron chi connectivity index (χ4n) is 1.84. The monoisotopic (exact) mass is 305 g/mol. The molecule has 0 aliphatic heterocycles. The summed E-state index contributed by atoms with van der Waals surface area (Å²) < 4.78 is 23.0. The molecule has 0 amide bonds. The molecule has 12 heteroatoms. The third-order valence-electron chi connectivity index (χ3n) is 2.86. The van der Waals surface area contributed by atoms with Crippen molar-refractivity contribution in [3.05, 3.63) is 44.7 Å². The lowest BCUT2D eigenvalue weighted by Gasteiger charge is -2.04. The van der Waals surface area contributed by atoms with E-state index in [1.54, 1.807) is 0 Å². The van der Waals surface area contributed by atoms with Crippen LogP contribution in [0, 0.1) is 15.9 Å². The summed E-state index contributed by atoms with van der Waals surface area (Å²) in [5.74, 6) is -2.38. The highest BCUT2D eigenvalue weighted by Gasteiger charge is 2.30. The summed E-state index contributed by atoms with van der Waals surface area (Å²) in [6.07, 6.45) is 0. The van der Waals surface area contributed by atoms with Gasteiger partial charge < -0.3 is 10.1 Å². The minimum absolute atomic E-state index is 0.206. The number of benzene rings is 1. The van der Waals surface area contributed by atoms with Crippen molar-refractivity contribution in [2.75, 3.05) is 0 Å². The smallest absolute Gasteiger partial charge is 0.358 e. The Hall–Kier alpha value is -3.31. The molecule has 0 saturated carbocycles. The van der Waals surface area contributed by atoms with Crippen LogP contribution in [0.1, 0.15) is 0 Å². The largest absolute Gasteiger partial charge is 0.446 e. The molecule has 0 fully saturated rings. The second kappa shape index (κ2) is 4.91. The normalized spacial score (nSPS) is 10.8. The first-order chi connectivity index (χ1) is 10.5. The topological polar surface area (TPSA) is 130 Å². The van der Waals surface area contributed by atoms with Gasteiger partial charge in [-0.25, -0.2) is 13.8 Å². The molecular formula is C10H5BFN5O5. The van der Waals surface area contributed by atoms with E-state index in [-0.39, 0.29) is 22.7 Å². The molecule has 0 bridgehead atoms. The number of hydrogen-bond acceptors (Lipinski definition) is 8. The van der Waals surface area contributed by atoms with Crippen molar-refractivity contribution in [1.82, 2.24) is 20.0 Å². The summed E-state index contributed by atoms with van der Waals surface area (Å²) in [6, 6.07) is 3.80. The highest BCUT2D eigenvalue weighted by Crippen LogP contribution is 2.25. The highest BCUT2D eigenvalue weighted by atomic mass is 19.1. The molecule has 0 saturated heterocycles. The van der Waals surface area contributed by atoms with Crippen LogP contribution in [0.25, 0.3) is 17.2 Å². The maximum atomic E-state index is 13.3. The Kier molecular flexibility index (Phi) is 3.05. The minimum atomic E-state index is -0.918. The number of aromatic nitrogens is 4. The zero-order valence-corrected chi connectivity index (χ0v) is 10.9. The third-order valence-corrected chi connectivity index (χ3v) is 2.86. The van der Waals surface area contributed by atoms with Gasteiger partial charge in [-0.1, -0.05) is 10.6 Å². The molecule has 0 radical (unpaired) electrons. The lowest BCUT2D eigenvalue weighted by atomic mass is 9.95. The lowest BCUT2D eigenvalue weighted by Crippen LogP contribution is -2.17. The van der Waals surface area contributed by atoms with E-state index in [0.717, 1.165) is 10.6 Å². The quantitative estimate of drug-likeness (QED) is 0.348. The van der Waals surface area contributed by atoms with E-state index in [1.807, 2.05) is 0 Å². The van der Waals surface area contributed by atoms with Gasteiger partial charge in [0.25, 0.3) is 5.69 Å². The van der Waals surface area contributed by atoms with Crippen LogP contribution in [0.5, 0.6) is 0 Å². The van der Waals surface area contributed by atoms with E-state index in [1.165, 1.54) is 20.0 Å². The predicted molar refractivity (Wildman–Crippen MR) is 70.2 cm³/mol. The average Bonchev–Trinajstić information content (AvgIpc) is 3.08. The summed E-state index contributed by atoms with van der Waals surface area (Å²) in [5, 5.41) is 20.8. The molecule has 0 unspecified atom stereocenters. The zero-order chi connectivity index (χ0) is 15.9. The van der Waals surface area contributed by atoms with Crippen LogP contribution in [-0.4, -0.2) is 32.8 Å². The van der Waals surface area contributed by atoms with Crippen molar-refractivity contribution in [2.45, 2.75) is 0 Å². The number of nitrogens with zero attached hydrogens (tertiary/aromatic N) is 5. The molecule has 3 rings (SSSR count). The van der Waals surface area contributed by atoms with Crippen molar-refractivity contribution in [2.24, 2.45) is 0 Å². The van der Waals surface area contributed by atoms with E-state index in [0.29, 0.717) is 0 Å². The van der Waals surface area contributed by atoms with Gasteiger partial charge in [0.05, 0.1) is 5.69 Å². The summed E-state index contributed by atoms with van der Waals surface area (Å²) >= 11 is 0. The van der Waals surface area contributed by atoms with Crippen LogP contribution in [0.2, 0.25) is 0 Å². The Labute approximate surface area is 120 Å². The van der Waals surface area contributed by atoms with E-state index < -0.39 is 22.3 Å². The minimum Gasteiger partial charge on any atom is -0.358 e. The predicted octanol–water partition coefficient (Wildman–Crippen LogP) is -0.819. The van der Waals surface area contributed by atoms with Gasteiger partial charge >= 0.3 is 11.6 Å². The fraction of sp³-hybridized carbons (Fsp3) is 0. The molecule has 2 heterocycles. The summed E-state index contributed by atoms with van der Waals surface area (Å²) in [7, 11) is 1.50. The van der Waals surface area contributed by atoms with Gasteiger partial charge in [0.15, 0.2) is 5.16 Å². The van der Waals surface area contributed by atoms with Gasteiger partial charge in [-0.05, 0) is 28.3 Å². The van der Waals surface area contributed by atoms with Crippen molar-refractivity contribution < 1.29 is 18.5 Å². The molecule has 0 N–H and O–H groups in total. The number of nitro groups is 1. The molecule has 0 spiro atoms. The lowest BCUT2D eigenvalue weighted by molar-refractivity contribution is -0.390. The van der Waals surface area contributed by atoms with Gasteiger partial charge in [-0.2, -0.15) is 0 Å². The van der Waals surface area contributed by atoms with Crippen LogP contribution < -0.4 is 11.2 Å². The first kappa shape index (κ1) is 13.7. The Balaban J connectivity index is 2.24. The SMILES string of the molecule is Bc1cc(-n2c(-c3nonc3[N+](=O)[O-])noc2=O)ccc1F. The molecule has 2 aromatic heterocycles. The Morgan fingerprint density at radius 1 is 1.32 bits per heavy atom. The standard InChI is InChI=1S/C10H5BFN5O5/c11-5-3-4(1-2-6(5)12)16-8(14-21-10(16)18)7-9(17(19)20)15-22-13-7/h1-3H,11H2. The third kappa shape index (κ3) is 2.06. The summed E-state index contributed by atoms with van der Waals surface area (Å²) in [5.41, 5.74) is 0.0969. The first-order valence-electron chi connectivity index (χ1n) is 5.81. The van der Waals surface area contributed by atoms with Crippen LogP contribution in [0.4, 0.5) is 10.2 Å². The molecule has 0 aliphatic carbocycles. The molecule has 0 aliphatic rings. The van der Waals surface area contributed by atoms with Gasteiger partial charge in [-0.15, -0.1) is 4.63 Å². The van der Waals surface area contributed by atoms with E-state index in [2.05, 4.69) is 24.6 Å². The number of halogens is 1. The Bertz CT molecular complexity index is 932. The van der Waals surface area contributed by atoms with Crippen LogP contribution in [0.3, 0.4) is 0 Å². The summed E-state index contributed by atoms with van der Waals surface area (Å²) in [6.45, 7) is 0. The Morgan fingerprint density at radius 3 is 2.77 bits per heavy atom. The van der Waals surface area contributed by atoms with Crippen LogP contribution >= 0.6 is 0 Å². The van der Waals surface area contributed by atoms with Gasteiger partial charge in [-0.3, -0.25) is 4.52 Å². The second-order valence-electron chi connectivity index (χ2n) is 4.23. The first-order valence-corrected chi connectivity index (χ1v) is 5.81. The summed E-state index contributed by atoms with van der Waals surface area (Å²) in [4.78, 5) is 21.8. The van der Waals surface area contributed by atoms with E-state index in [9.17, 15) is 19.3 Å². The Morgan fingerprint density at radius 2 is 2.09 bits per heavy atom. The molecular weight excluding hydrogens is 300 g/mol. The molecule has 10 nitrogen and oxygen atoms in total. The number of rotatable bonds is 3. The second-order valence-corrected chi connectivity index (χ2v) is 4.23. The molecule has 1 aromatic carbocycles. The molecule has 110 valence electrons. The molecule has 22 heavy (non-hydrogen) atoms. The van der Waals surface area contributed by atoms with E-state index in [4.69, 9.17) is 0 Å². The zero-order valence-electron chi connectivity index (χ0n) is 10.9. The van der Waals surface area contributed by atoms with Crippen LogP contribution in [0.15, 0.2) is 32.1 Å². The van der Waals surface area contributed by atoms with Crippen molar-refractivity contribution in [3.63, 3.8) is 0 Å². The molecule has 3 aromatic rings. The van der Waals surface area contributed by atoms with Gasteiger partial charge in [0, 0.05) is 0 Å². The average molecular weight is 305 g/mol. The van der Waals surface area contributed by atoms with E-state index >= 15 is 0 Å². The van der Waals surface area contributed by atoms with Crippen molar-refractivity contribution in [3.8, 4) is 17.2 Å². The van der Waals surface area contributed by atoms with Crippen LogP contribution in [-0.2, 0) is 0 Å². The van der Waals surface area contributed by atoms with Crippen molar-refractivity contribution in [1.29, 1.82) is 0 Å².